The monoisotopic (exact) mass is 376 g/mol. The lowest BCUT2D eigenvalue weighted by atomic mass is 10.2. The Bertz CT molecular complexity index is 1010. The predicted molar refractivity (Wildman–Crippen MR) is 106 cm³/mol. The Labute approximate surface area is 163 Å². The molecule has 5 rings (SSSR count). The van der Waals surface area contributed by atoms with E-state index in [1.807, 2.05) is 24.7 Å². The summed E-state index contributed by atoms with van der Waals surface area (Å²) in [7, 11) is 0. The molecule has 3 aromatic rings. The standard InChI is InChI=1S/C21H24N6O/c28-21-8-7-20(16-3-1-9-22-11-16)24-27(21)14-18-4-2-10-25(18)13-19-12-23-15-26(19)17-5-6-17/h1,3,7-9,11-12,15,17-18H,2,4-6,10,13-14H2. The number of hydrogen-bond donors (Lipinski definition) is 0. The molecular weight excluding hydrogens is 352 g/mol. The second-order valence-corrected chi connectivity index (χ2v) is 7.77. The molecule has 0 amide bonds. The zero-order valence-corrected chi connectivity index (χ0v) is 15.8. The van der Waals surface area contributed by atoms with Crippen molar-refractivity contribution in [2.45, 2.75) is 50.9 Å². The topological polar surface area (TPSA) is 68.8 Å². The highest BCUT2D eigenvalue weighted by Gasteiger charge is 2.29. The molecule has 1 aliphatic heterocycles. The molecular formula is C21H24N6O. The van der Waals surface area contributed by atoms with Crippen LogP contribution in [-0.4, -0.2) is 41.8 Å². The van der Waals surface area contributed by atoms with Crippen LogP contribution in [0.3, 0.4) is 0 Å². The summed E-state index contributed by atoms with van der Waals surface area (Å²) in [5.41, 5.74) is 2.93. The Balaban J connectivity index is 1.35. The van der Waals surface area contributed by atoms with E-state index in [1.54, 1.807) is 29.2 Å². The third-order valence-electron chi connectivity index (χ3n) is 5.76. The molecule has 7 nitrogen and oxygen atoms in total. The molecule has 1 saturated carbocycles. The highest BCUT2D eigenvalue weighted by Crippen LogP contribution is 2.36. The van der Waals surface area contributed by atoms with Crippen LogP contribution in [0.5, 0.6) is 0 Å². The van der Waals surface area contributed by atoms with Crippen LogP contribution in [0.25, 0.3) is 11.3 Å². The van der Waals surface area contributed by atoms with E-state index in [2.05, 4.69) is 24.5 Å². The smallest absolute Gasteiger partial charge is 0.266 e. The van der Waals surface area contributed by atoms with Crippen molar-refractivity contribution in [2.24, 2.45) is 0 Å². The van der Waals surface area contributed by atoms with Gasteiger partial charge in [0.1, 0.15) is 0 Å². The summed E-state index contributed by atoms with van der Waals surface area (Å²) in [6.45, 7) is 2.56. The number of imidazole rings is 1. The van der Waals surface area contributed by atoms with E-state index < -0.39 is 0 Å². The largest absolute Gasteiger partial charge is 0.330 e. The number of nitrogens with zero attached hydrogens (tertiary/aromatic N) is 6. The van der Waals surface area contributed by atoms with Crippen LogP contribution in [0, 0.1) is 0 Å². The zero-order chi connectivity index (χ0) is 18.9. The lowest BCUT2D eigenvalue weighted by Crippen LogP contribution is -2.37. The summed E-state index contributed by atoms with van der Waals surface area (Å²) >= 11 is 0. The lowest BCUT2D eigenvalue weighted by Gasteiger charge is -2.25. The van der Waals surface area contributed by atoms with Gasteiger partial charge in [-0.2, -0.15) is 5.10 Å². The van der Waals surface area contributed by atoms with Gasteiger partial charge in [-0.25, -0.2) is 9.67 Å². The molecule has 0 bridgehead atoms. The maximum atomic E-state index is 12.4. The van der Waals surface area contributed by atoms with Crippen LogP contribution in [0.1, 0.15) is 37.4 Å². The van der Waals surface area contributed by atoms with Gasteiger partial charge < -0.3 is 4.57 Å². The van der Waals surface area contributed by atoms with Gasteiger partial charge in [-0.1, -0.05) is 0 Å². The van der Waals surface area contributed by atoms with Crippen molar-refractivity contribution in [1.29, 1.82) is 0 Å². The Morgan fingerprint density at radius 2 is 2.00 bits per heavy atom. The lowest BCUT2D eigenvalue weighted by molar-refractivity contribution is 0.212. The van der Waals surface area contributed by atoms with E-state index in [0.717, 1.165) is 37.2 Å². The first-order chi connectivity index (χ1) is 13.8. The third-order valence-corrected chi connectivity index (χ3v) is 5.76. The van der Waals surface area contributed by atoms with Gasteiger partial charge in [-0.05, 0) is 50.4 Å². The van der Waals surface area contributed by atoms with Crippen LogP contribution in [-0.2, 0) is 13.1 Å². The van der Waals surface area contributed by atoms with Crippen LogP contribution >= 0.6 is 0 Å². The minimum absolute atomic E-state index is 0.0532. The molecule has 0 aromatic carbocycles. The van der Waals surface area contributed by atoms with Gasteiger partial charge in [-0.15, -0.1) is 0 Å². The first-order valence-electron chi connectivity index (χ1n) is 10.0. The van der Waals surface area contributed by atoms with Crippen molar-refractivity contribution in [2.75, 3.05) is 6.54 Å². The molecule has 0 radical (unpaired) electrons. The van der Waals surface area contributed by atoms with Gasteiger partial charge in [0.2, 0.25) is 0 Å². The molecule has 2 fully saturated rings. The highest BCUT2D eigenvalue weighted by molar-refractivity contribution is 5.56. The Morgan fingerprint density at radius 3 is 2.82 bits per heavy atom. The van der Waals surface area contributed by atoms with Crippen LogP contribution < -0.4 is 5.56 Å². The molecule has 28 heavy (non-hydrogen) atoms. The number of aromatic nitrogens is 5. The van der Waals surface area contributed by atoms with E-state index in [4.69, 9.17) is 0 Å². The van der Waals surface area contributed by atoms with E-state index in [-0.39, 0.29) is 5.56 Å². The molecule has 7 heteroatoms. The Morgan fingerprint density at radius 1 is 1.07 bits per heavy atom. The minimum atomic E-state index is -0.0532. The van der Waals surface area contributed by atoms with Crippen molar-refractivity contribution in [3.05, 3.63) is 65.2 Å². The van der Waals surface area contributed by atoms with Gasteiger partial charge in [0, 0.05) is 48.8 Å². The molecule has 0 N–H and O–H groups in total. The maximum absolute atomic E-state index is 12.4. The summed E-state index contributed by atoms with van der Waals surface area (Å²) in [4.78, 5) is 23.4. The SMILES string of the molecule is O=c1ccc(-c2cccnc2)nn1CC1CCCN1Cc1cncn1C1CC1. The predicted octanol–water partition coefficient (Wildman–Crippen LogP) is 2.50. The summed E-state index contributed by atoms with van der Waals surface area (Å²) < 4.78 is 3.94. The molecule has 3 aromatic heterocycles. The average Bonchev–Trinajstić information content (AvgIpc) is 3.31. The van der Waals surface area contributed by atoms with Crippen molar-refractivity contribution < 1.29 is 0 Å². The second-order valence-electron chi connectivity index (χ2n) is 7.77. The normalized spacial score (nSPS) is 19.9. The number of likely N-dealkylation sites (tertiary alicyclic amines) is 1. The highest BCUT2D eigenvalue weighted by atomic mass is 16.1. The van der Waals surface area contributed by atoms with Crippen LogP contribution in [0.15, 0.2) is 54.0 Å². The molecule has 4 heterocycles. The van der Waals surface area contributed by atoms with Gasteiger partial charge in [0.15, 0.2) is 0 Å². The van der Waals surface area contributed by atoms with Crippen molar-refractivity contribution in [3.8, 4) is 11.3 Å². The van der Waals surface area contributed by atoms with Gasteiger partial charge in [-0.3, -0.25) is 14.7 Å². The summed E-state index contributed by atoms with van der Waals surface area (Å²) in [5.74, 6) is 0. The van der Waals surface area contributed by atoms with Crippen molar-refractivity contribution in [3.63, 3.8) is 0 Å². The molecule has 0 spiro atoms. The van der Waals surface area contributed by atoms with E-state index in [0.29, 0.717) is 18.6 Å². The third kappa shape index (κ3) is 3.49. The summed E-state index contributed by atoms with van der Waals surface area (Å²) in [5, 5.41) is 4.61. The minimum Gasteiger partial charge on any atom is -0.330 e. The zero-order valence-electron chi connectivity index (χ0n) is 15.8. The maximum Gasteiger partial charge on any atom is 0.266 e. The van der Waals surface area contributed by atoms with Crippen LogP contribution in [0.2, 0.25) is 0 Å². The van der Waals surface area contributed by atoms with E-state index in [1.165, 1.54) is 18.5 Å². The van der Waals surface area contributed by atoms with E-state index >= 15 is 0 Å². The Kier molecular flexibility index (Phi) is 4.52. The van der Waals surface area contributed by atoms with Gasteiger partial charge in [0.05, 0.1) is 24.3 Å². The average molecular weight is 376 g/mol. The fourth-order valence-corrected chi connectivity index (χ4v) is 4.10. The van der Waals surface area contributed by atoms with Crippen molar-refractivity contribution in [1.82, 2.24) is 29.2 Å². The molecule has 1 atom stereocenters. The van der Waals surface area contributed by atoms with E-state index in [9.17, 15) is 4.79 Å². The first-order valence-corrected chi connectivity index (χ1v) is 10.0. The van der Waals surface area contributed by atoms with Crippen LogP contribution in [0.4, 0.5) is 0 Å². The first kappa shape index (κ1) is 17.3. The number of rotatable bonds is 6. The second kappa shape index (κ2) is 7.31. The number of hydrogen-bond acceptors (Lipinski definition) is 5. The van der Waals surface area contributed by atoms with Crippen molar-refractivity contribution >= 4 is 0 Å². The van der Waals surface area contributed by atoms with Gasteiger partial charge in [0.25, 0.3) is 5.56 Å². The fraction of sp³-hybridized carbons (Fsp3) is 0.429. The molecule has 1 aliphatic carbocycles. The molecule has 2 aliphatic rings. The fourth-order valence-electron chi connectivity index (χ4n) is 4.10. The Hall–Kier alpha value is -2.80. The van der Waals surface area contributed by atoms with Gasteiger partial charge >= 0.3 is 0 Å². The quantitative estimate of drug-likeness (QED) is 0.661. The summed E-state index contributed by atoms with van der Waals surface area (Å²) in [6, 6.07) is 8.18. The molecule has 1 saturated heterocycles. The summed E-state index contributed by atoms with van der Waals surface area (Å²) in [6.07, 6.45) is 12.2. The molecule has 144 valence electrons. The number of pyridine rings is 1. The molecule has 1 unspecified atom stereocenters.